The van der Waals surface area contributed by atoms with Gasteiger partial charge in [-0.2, -0.15) is 0 Å². The van der Waals surface area contributed by atoms with Crippen molar-refractivity contribution in [3.63, 3.8) is 0 Å². The third-order valence-corrected chi connectivity index (χ3v) is 8.84. The predicted octanol–water partition coefficient (Wildman–Crippen LogP) is 1.23. The first-order valence-electron chi connectivity index (χ1n) is 11.7. The normalized spacial score (nSPS) is 44.5. The molecule has 33 heavy (non-hydrogen) atoms. The summed E-state index contributed by atoms with van der Waals surface area (Å²) >= 11 is 0. The number of aliphatic hydroxyl groups excluding tert-OH is 3. The van der Waals surface area contributed by atoms with Crippen LogP contribution in [0.4, 0.5) is 0 Å². The van der Waals surface area contributed by atoms with E-state index in [0.717, 1.165) is 49.7 Å². The van der Waals surface area contributed by atoms with Crippen LogP contribution in [0.25, 0.3) is 0 Å². The van der Waals surface area contributed by atoms with Gasteiger partial charge in [-0.25, -0.2) is 4.79 Å². The molecule has 0 aromatic heterocycles. The second-order valence-corrected chi connectivity index (χ2v) is 10.4. The molecular weight excluding hydrogens is 432 g/mol. The van der Waals surface area contributed by atoms with Crippen molar-refractivity contribution in [2.75, 3.05) is 0 Å². The molecule has 1 aromatic carbocycles. The molecule has 1 unspecified atom stereocenters. The fraction of sp³-hybridized carbons (Fsp3) is 0.708. The van der Waals surface area contributed by atoms with Gasteiger partial charge in [0.25, 0.3) is 0 Å². The lowest BCUT2D eigenvalue weighted by atomic mass is 9.55. The number of carboxylic acid groups (broad SMARTS) is 1. The molecule has 3 fully saturated rings. The number of phenolic OH excluding ortho intramolecular Hbond substituents is 2. The minimum absolute atomic E-state index is 0.0832. The van der Waals surface area contributed by atoms with Crippen LogP contribution in [0.3, 0.4) is 0 Å². The van der Waals surface area contributed by atoms with E-state index in [1.54, 1.807) is 12.1 Å². The standard InChI is InChI=1S/C24H32O9/c1-24-7-6-11-12(3-2-10-8-15(25)16(26)9-13(10)11)14(24)4-5-17(24)32-23-20(29)18(27)19(28)21(33-23)22(30)31/h8-9,11-12,14,17-21,23,25-29H,2-7H2,1H3,(H,30,31)/t11-,12+,14-,17-,18-,19-,20+,21-,23?,24-/m0/s1. The summed E-state index contributed by atoms with van der Waals surface area (Å²) in [5.74, 6) is -0.565. The summed E-state index contributed by atoms with van der Waals surface area (Å²) in [7, 11) is 0. The Morgan fingerprint density at radius 1 is 1.03 bits per heavy atom. The van der Waals surface area contributed by atoms with Crippen molar-refractivity contribution in [1.82, 2.24) is 0 Å². The third-order valence-electron chi connectivity index (χ3n) is 8.84. The van der Waals surface area contributed by atoms with Gasteiger partial charge in [-0.15, -0.1) is 0 Å². The first-order valence-corrected chi connectivity index (χ1v) is 11.7. The van der Waals surface area contributed by atoms with E-state index in [9.17, 15) is 35.4 Å². The van der Waals surface area contributed by atoms with Crippen molar-refractivity contribution in [3.8, 4) is 11.5 Å². The summed E-state index contributed by atoms with van der Waals surface area (Å²) in [5, 5.41) is 59.7. The molecule has 0 spiro atoms. The lowest BCUT2D eigenvalue weighted by molar-refractivity contribution is -0.312. The van der Waals surface area contributed by atoms with Crippen molar-refractivity contribution in [2.45, 2.75) is 88.2 Å². The van der Waals surface area contributed by atoms with Gasteiger partial charge in [0.1, 0.15) is 18.3 Å². The van der Waals surface area contributed by atoms with Gasteiger partial charge < -0.3 is 40.1 Å². The van der Waals surface area contributed by atoms with Crippen LogP contribution in [0.2, 0.25) is 0 Å². The number of aliphatic hydroxyl groups is 3. The zero-order valence-corrected chi connectivity index (χ0v) is 18.5. The monoisotopic (exact) mass is 464 g/mol. The smallest absolute Gasteiger partial charge is 0.335 e. The minimum atomic E-state index is -1.74. The van der Waals surface area contributed by atoms with Gasteiger partial charge in [-0.05, 0) is 85.0 Å². The number of benzene rings is 1. The molecule has 0 amide bonds. The maximum atomic E-state index is 11.4. The van der Waals surface area contributed by atoms with Gasteiger partial charge >= 0.3 is 5.97 Å². The molecule has 0 bridgehead atoms. The highest BCUT2D eigenvalue weighted by Gasteiger charge is 2.57. The number of aryl methyl sites for hydroxylation is 1. The number of carboxylic acids is 1. The Labute approximate surface area is 191 Å². The molecule has 9 nitrogen and oxygen atoms in total. The summed E-state index contributed by atoms with van der Waals surface area (Å²) in [6, 6.07) is 3.38. The average molecular weight is 465 g/mol. The van der Waals surface area contributed by atoms with Crippen LogP contribution in [0.15, 0.2) is 12.1 Å². The van der Waals surface area contributed by atoms with Crippen LogP contribution in [0, 0.1) is 17.3 Å². The number of phenols is 2. The van der Waals surface area contributed by atoms with Crippen molar-refractivity contribution < 1.29 is 44.9 Å². The Hall–Kier alpha value is -1.91. The van der Waals surface area contributed by atoms with Gasteiger partial charge in [0.15, 0.2) is 23.9 Å². The zero-order valence-electron chi connectivity index (χ0n) is 18.5. The van der Waals surface area contributed by atoms with Crippen LogP contribution >= 0.6 is 0 Å². The van der Waals surface area contributed by atoms with Crippen molar-refractivity contribution in [2.24, 2.45) is 17.3 Å². The Morgan fingerprint density at radius 2 is 1.76 bits per heavy atom. The Balaban J connectivity index is 1.35. The van der Waals surface area contributed by atoms with E-state index < -0.39 is 36.7 Å². The number of rotatable bonds is 3. The molecule has 182 valence electrons. The van der Waals surface area contributed by atoms with Gasteiger partial charge in [-0.1, -0.05) is 6.92 Å². The minimum Gasteiger partial charge on any atom is -0.504 e. The molecule has 6 N–H and O–H groups in total. The van der Waals surface area contributed by atoms with E-state index >= 15 is 0 Å². The highest BCUT2D eigenvalue weighted by atomic mass is 16.7. The molecule has 1 saturated heterocycles. The number of hydrogen-bond acceptors (Lipinski definition) is 8. The second-order valence-electron chi connectivity index (χ2n) is 10.4. The lowest BCUT2D eigenvalue weighted by Crippen LogP contribution is -2.61. The lowest BCUT2D eigenvalue weighted by Gasteiger charge is -2.51. The van der Waals surface area contributed by atoms with E-state index in [2.05, 4.69) is 6.92 Å². The summed E-state index contributed by atoms with van der Waals surface area (Å²) in [6.45, 7) is 2.17. The van der Waals surface area contributed by atoms with Gasteiger partial charge in [0.05, 0.1) is 6.10 Å². The first kappa shape index (κ1) is 22.9. The van der Waals surface area contributed by atoms with E-state index in [4.69, 9.17) is 9.47 Å². The van der Waals surface area contributed by atoms with Crippen molar-refractivity contribution in [3.05, 3.63) is 23.3 Å². The van der Waals surface area contributed by atoms with E-state index in [1.165, 1.54) is 0 Å². The Morgan fingerprint density at radius 3 is 2.48 bits per heavy atom. The number of ether oxygens (including phenoxy) is 2. The largest absolute Gasteiger partial charge is 0.504 e. The molecule has 1 heterocycles. The molecule has 2 saturated carbocycles. The SMILES string of the molecule is C[C@]12CC[C@@H]3c4cc(O)c(O)cc4CC[C@H]3[C@@H]1CC[C@@H]2OC1O[C@H](C(=O)O)[C@@H](O)[C@H](O)[C@H]1O. The number of aromatic hydroxyl groups is 2. The summed E-state index contributed by atoms with van der Waals surface area (Å²) in [5.41, 5.74) is 1.99. The number of fused-ring (bicyclic) bond motifs is 5. The van der Waals surface area contributed by atoms with Crippen molar-refractivity contribution >= 4 is 5.97 Å². The molecule has 1 aromatic rings. The predicted molar refractivity (Wildman–Crippen MR) is 114 cm³/mol. The van der Waals surface area contributed by atoms with Gasteiger partial charge in [0.2, 0.25) is 0 Å². The highest BCUT2D eigenvalue weighted by Crippen LogP contribution is 2.62. The average Bonchev–Trinajstić information content (AvgIpc) is 3.10. The fourth-order valence-corrected chi connectivity index (χ4v) is 7.10. The van der Waals surface area contributed by atoms with Crippen molar-refractivity contribution in [1.29, 1.82) is 0 Å². The molecule has 5 rings (SSSR count). The maximum Gasteiger partial charge on any atom is 0.335 e. The summed E-state index contributed by atoms with van der Waals surface area (Å²) in [6.07, 6.45) is -3.07. The molecule has 0 radical (unpaired) electrons. The number of carbonyl (C=O) groups is 1. The zero-order chi connectivity index (χ0) is 23.7. The number of hydrogen-bond donors (Lipinski definition) is 6. The summed E-state index contributed by atoms with van der Waals surface area (Å²) in [4.78, 5) is 11.4. The quantitative estimate of drug-likeness (QED) is 0.362. The number of aliphatic carboxylic acids is 1. The molecular formula is C24H32O9. The van der Waals surface area contributed by atoms with Crippen LogP contribution in [-0.4, -0.2) is 73.4 Å². The molecule has 9 heteroatoms. The van der Waals surface area contributed by atoms with Crippen LogP contribution in [0.1, 0.15) is 56.1 Å². The molecule has 1 aliphatic heterocycles. The Kier molecular flexibility index (Phi) is 5.61. The summed E-state index contributed by atoms with van der Waals surface area (Å²) < 4.78 is 11.5. The Bertz CT molecular complexity index is 935. The fourth-order valence-electron chi connectivity index (χ4n) is 7.10. The van der Waals surface area contributed by atoms with Crippen LogP contribution in [0.5, 0.6) is 11.5 Å². The highest BCUT2D eigenvalue weighted by molar-refractivity contribution is 5.73. The van der Waals surface area contributed by atoms with E-state index in [-0.39, 0.29) is 23.0 Å². The molecule has 4 aliphatic rings. The topological polar surface area (TPSA) is 157 Å². The van der Waals surface area contributed by atoms with Gasteiger partial charge in [0, 0.05) is 0 Å². The third kappa shape index (κ3) is 3.52. The van der Waals surface area contributed by atoms with E-state index in [0.29, 0.717) is 17.8 Å². The second kappa shape index (κ2) is 8.09. The maximum absolute atomic E-state index is 11.4. The van der Waals surface area contributed by atoms with Crippen LogP contribution < -0.4 is 0 Å². The molecule has 3 aliphatic carbocycles. The van der Waals surface area contributed by atoms with Crippen LogP contribution in [-0.2, 0) is 20.7 Å². The first-order chi connectivity index (χ1) is 15.6. The van der Waals surface area contributed by atoms with E-state index in [1.807, 2.05) is 0 Å². The molecule has 10 atom stereocenters. The van der Waals surface area contributed by atoms with Gasteiger partial charge in [-0.3, -0.25) is 0 Å².